The SMILES string of the molecule is Cc1cccc2c1c1cc(-c3ccncc3)ccc1n2-c1ccccc1.Cc1cccc2oc3cc(-c4ccncc4)ccc3c12.Cc1cccc2sc3cc(-c4ccncc4)ccc3c12.Cc1cccc2sc3ccc(-c4ccncc4)cc3c12. The molecule has 0 aliphatic heterocycles. The average molecular weight is 1140 g/mol. The lowest BCUT2D eigenvalue weighted by molar-refractivity contribution is 0.669. The zero-order valence-corrected chi connectivity index (χ0v) is 49.6. The summed E-state index contributed by atoms with van der Waals surface area (Å²) in [5, 5.41) is 10.5. The highest BCUT2D eigenvalue weighted by Crippen LogP contribution is 2.41. The summed E-state index contributed by atoms with van der Waals surface area (Å²) in [6.45, 7) is 8.68. The second-order valence-corrected chi connectivity index (χ2v) is 23.8. The van der Waals surface area contributed by atoms with E-state index in [0.29, 0.717) is 0 Å². The smallest absolute Gasteiger partial charge is 0.136 e. The monoisotopic (exact) mass is 1140 g/mol. The van der Waals surface area contributed by atoms with Gasteiger partial charge in [0.15, 0.2) is 0 Å². The minimum Gasteiger partial charge on any atom is -0.456 e. The first kappa shape index (κ1) is 53.6. The van der Waals surface area contributed by atoms with E-state index in [0.717, 1.165) is 22.3 Å². The van der Waals surface area contributed by atoms with Crippen molar-refractivity contribution in [2.75, 3.05) is 0 Å². The van der Waals surface area contributed by atoms with E-state index in [-0.39, 0.29) is 0 Å². The standard InChI is InChI=1S/C24H18N2.C18H13NO.2C18H13NS/c1-17-6-5-9-23-24(17)21-16-19(18-12-14-25-15-13-18)10-11-22(21)26(23)20-7-3-2-4-8-20;1-12-3-2-4-16-18(12)15-6-5-14(11-17(15)20-16)13-7-9-19-10-8-13;1-12-3-2-4-17-18(12)15-11-14(5-6-16(15)20-17)13-7-9-19-10-8-13;1-12-3-2-4-16-18(12)15-6-5-14(11-17(15)20-16)13-7-9-19-10-8-13/h2-16H,1H3;3*2-11H,1H3. The van der Waals surface area contributed by atoms with Gasteiger partial charge in [0.1, 0.15) is 11.2 Å². The molecule has 0 N–H and O–H groups in total. The first-order valence-corrected chi connectivity index (χ1v) is 30.4. The topological polar surface area (TPSA) is 69.6 Å². The Kier molecular flexibility index (Phi) is 14.6. The van der Waals surface area contributed by atoms with Crippen molar-refractivity contribution < 1.29 is 4.42 Å². The van der Waals surface area contributed by atoms with Gasteiger partial charge in [0.25, 0.3) is 0 Å². The van der Waals surface area contributed by atoms with Crippen molar-refractivity contribution in [3.05, 3.63) is 296 Å². The van der Waals surface area contributed by atoms with Gasteiger partial charge in [-0.3, -0.25) is 19.9 Å². The summed E-state index contributed by atoms with van der Waals surface area (Å²) in [5.74, 6) is 0. The van der Waals surface area contributed by atoms with Crippen molar-refractivity contribution in [3.8, 4) is 50.2 Å². The van der Waals surface area contributed by atoms with Crippen LogP contribution in [0.4, 0.5) is 0 Å². The third kappa shape index (κ3) is 10.4. The lowest BCUT2D eigenvalue weighted by Gasteiger charge is -2.08. The number of benzene rings is 9. The van der Waals surface area contributed by atoms with Gasteiger partial charge in [-0.2, -0.15) is 0 Å². The van der Waals surface area contributed by atoms with Gasteiger partial charge in [-0.1, -0.05) is 97.1 Å². The van der Waals surface area contributed by atoms with Crippen LogP contribution < -0.4 is 0 Å². The van der Waals surface area contributed by atoms with E-state index in [1.165, 1.54) is 134 Å². The normalized spacial score (nSPS) is 11.3. The van der Waals surface area contributed by atoms with Gasteiger partial charge in [-0.05, 0) is 222 Å². The molecule has 8 aromatic heterocycles. The van der Waals surface area contributed by atoms with E-state index < -0.39 is 0 Å². The van der Waals surface area contributed by atoms with Crippen LogP contribution in [0.15, 0.2) is 278 Å². The van der Waals surface area contributed by atoms with Crippen LogP contribution in [0, 0.1) is 27.7 Å². The molecule has 0 unspecified atom stereocenters. The molecule has 0 saturated heterocycles. The van der Waals surface area contributed by atoms with Crippen LogP contribution in [-0.4, -0.2) is 24.5 Å². The van der Waals surface area contributed by atoms with Gasteiger partial charge in [-0.25, -0.2) is 0 Å². The summed E-state index contributed by atoms with van der Waals surface area (Å²) in [5.41, 5.74) is 20.5. The Hall–Kier alpha value is -10.4. The Morgan fingerprint density at radius 1 is 0.279 bits per heavy atom. The number of aromatic nitrogens is 5. The molecule has 0 aliphatic rings. The highest BCUT2D eigenvalue weighted by atomic mass is 32.1. The molecule has 6 nitrogen and oxygen atoms in total. The van der Waals surface area contributed by atoms with Crippen LogP contribution in [0.3, 0.4) is 0 Å². The molecule has 0 atom stereocenters. The van der Waals surface area contributed by atoms with Crippen LogP contribution in [0.5, 0.6) is 0 Å². The minimum atomic E-state index is 0.934. The Balaban J connectivity index is 0.000000102. The summed E-state index contributed by atoms with van der Waals surface area (Å²) in [7, 11) is 0. The van der Waals surface area contributed by atoms with Crippen molar-refractivity contribution in [2.24, 2.45) is 0 Å². The van der Waals surface area contributed by atoms with E-state index >= 15 is 0 Å². The predicted octanol–water partition coefficient (Wildman–Crippen LogP) is 22.0. The highest BCUT2D eigenvalue weighted by molar-refractivity contribution is 7.26. The number of hydrogen-bond donors (Lipinski definition) is 0. The Morgan fingerprint density at radius 3 is 1.33 bits per heavy atom. The zero-order chi connectivity index (χ0) is 58.1. The molecular formula is C78H57N5OS2. The molecular weight excluding hydrogens is 1090 g/mol. The Morgan fingerprint density at radius 2 is 0.733 bits per heavy atom. The van der Waals surface area contributed by atoms with Crippen molar-refractivity contribution in [1.82, 2.24) is 24.5 Å². The summed E-state index contributed by atoms with van der Waals surface area (Å²) >= 11 is 3.74. The van der Waals surface area contributed by atoms with Gasteiger partial charge < -0.3 is 8.98 Å². The number of para-hydroxylation sites is 1. The maximum Gasteiger partial charge on any atom is 0.136 e. The molecule has 8 heteroatoms. The molecule has 0 bridgehead atoms. The number of rotatable bonds is 5. The quantitative estimate of drug-likeness (QED) is 0.172. The lowest BCUT2D eigenvalue weighted by Crippen LogP contribution is -1.93. The predicted molar refractivity (Wildman–Crippen MR) is 365 cm³/mol. The molecule has 0 fully saturated rings. The second-order valence-electron chi connectivity index (χ2n) is 21.6. The van der Waals surface area contributed by atoms with Crippen molar-refractivity contribution >= 4 is 107 Å². The fourth-order valence-corrected chi connectivity index (χ4v) is 14.4. The Labute approximate surface area is 506 Å². The van der Waals surface area contributed by atoms with Gasteiger partial charge in [0.05, 0.1) is 11.0 Å². The molecule has 412 valence electrons. The summed E-state index contributed by atoms with van der Waals surface area (Å²) in [6.07, 6.45) is 14.7. The number of aryl methyl sites for hydroxylation is 4. The first-order valence-electron chi connectivity index (χ1n) is 28.8. The fourth-order valence-electron chi connectivity index (χ4n) is 12.0. The molecule has 0 radical (unpaired) electrons. The fraction of sp³-hybridized carbons (Fsp3) is 0.0513. The van der Waals surface area contributed by atoms with Gasteiger partial charge in [0, 0.05) is 117 Å². The van der Waals surface area contributed by atoms with E-state index in [4.69, 9.17) is 4.42 Å². The average Bonchev–Trinajstić information content (AvgIpc) is 3.27. The molecule has 8 heterocycles. The maximum absolute atomic E-state index is 5.98. The van der Waals surface area contributed by atoms with E-state index in [9.17, 15) is 0 Å². The van der Waals surface area contributed by atoms with Crippen LogP contribution in [0.1, 0.15) is 22.3 Å². The third-order valence-electron chi connectivity index (χ3n) is 16.2. The van der Waals surface area contributed by atoms with Crippen molar-refractivity contribution in [2.45, 2.75) is 27.7 Å². The number of hydrogen-bond acceptors (Lipinski definition) is 7. The van der Waals surface area contributed by atoms with Crippen molar-refractivity contribution in [3.63, 3.8) is 0 Å². The summed E-state index contributed by atoms with van der Waals surface area (Å²) in [4.78, 5) is 16.4. The minimum absolute atomic E-state index is 0.934. The largest absolute Gasteiger partial charge is 0.456 e. The van der Waals surface area contributed by atoms with Crippen molar-refractivity contribution in [1.29, 1.82) is 0 Å². The maximum atomic E-state index is 5.98. The van der Waals surface area contributed by atoms with Crippen LogP contribution >= 0.6 is 22.7 Å². The first-order chi connectivity index (χ1) is 42.3. The number of thiophene rings is 2. The molecule has 9 aromatic carbocycles. The number of pyridine rings is 4. The van der Waals surface area contributed by atoms with Crippen LogP contribution in [0.2, 0.25) is 0 Å². The van der Waals surface area contributed by atoms with E-state index in [1.807, 2.05) is 96.5 Å². The number of fused-ring (bicyclic) bond motifs is 12. The number of furan rings is 1. The van der Waals surface area contributed by atoms with Crippen LogP contribution in [0.25, 0.3) is 134 Å². The highest BCUT2D eigenvalue weighted by Gasteiger charge is 2.16. The van der Waals surface area contributed by atoms with Gasteiger partial charge in [0.2, 0.25) is 0 Å². The Bertz CT molecular complexity index is 5100. The molecule has 17 rings (SSSR count). The van der Waals surface area contributed by atoms with Gasteiger partial charge >= 0.3 is 0 Å². The zero-order valence-electron chi connectivity index (χ0n) is 47.9. The second kappa shape index (κ2) is 23.3. The summed E-state index contributed by atoms with van der Waals surface area (Å²) < 4.78 is 13.8. The molecule has 0 aliphatic carbocycles. The van der Waals surface area contributed by atoms with E-state index in [1.54, 1.807) is 0 Å². The molecule has 0 saturated carbocycles. The molecule has 0 amide bonds. The molecule has 17 aromatic rings. The number of nitrogens with zero attached hydrogens (tertiary/aromatic N) is 5. The lowest BCUT2D eigenvalue weighted by atomic mass is 10.0. The molecule has 86 heavy (non-hydrogen) atoms. The summed E-state index contributed by atoms with van der Waals surface area (Å²) in [6, 6.07) is 79.3. The molecule has 0 spiro atoms. The van der Waals surface area contributed by atoms with E-state index in [2.05, 4.69) is 252 Å². The van der Waals surface area contributed by atoms with Crippen LogP contribution in [-0.2, 0) is 0 Å². The van der Waals surface area contributed by atoms with Gasteiger partial charge in [-0.15, -0.1) is 22.7 Å². The third-order valence-corrected chi connectivity index (χ3v) is 18.4.